The fourth-order valence-corrected chi connectivity index (χ4v) is 3.23. The molecule has 4 nitrogen and oxygen atoms in total. The van der Waals surface area contributed by atoms with Gasteiger partial charge in [0.25, 0.3) is 0 Å². The highest BCUT2D eigenvalue weighted by atomic mass is 32.2. The van der Waals surface area contributed by atoms with E-state index in [4.69, 9.17) is 0 Å². The van der Waals surface area contributed by atoms with E-state index in [9.17, 15) is 19.1 Å². The smallest absolute Gasteiger partial charge is 0.330 e. The fraction of sp³-hybridized carbons (Fsp3) is 0.286. The number of halogens is 1. The van der Waals surface area contributed by atoms with Crippen molar-refractivity contribution >= 4 is 29.7 Å². The Morgan fingerprint density at radius 1 is 1.35 bits per heavy atom. The Hall–Kier alpha value is -1.82. The van der Waals surface area contributed by atoms with Crippen molar-refractivity contribution in [1.29, 1.82) is 0 Å². The maximum Gasteiger partial charge on any atom is 0.330 e. The summed E-state index contributed by atoms with van der Waals surface area (Å²) in [5.41, 5.74) is -0.499. The van der Waals surface area contributed by atoms with E-state index in [1.807, 2.05) is 0 Å². The molecule has 1 fully saturated rings. The Kier molecular flexibility index (Phi) is 4.44. The topological polar surface area (TPSA) is 66.4 Å². The minimum Gasteiger partial charge on any atom is -0.479 e. The van der Waals surface area contributed by atoms with Crippen molar-refractivity contribution in [3.8, 4) is 0 Å². The van der Waals surface area contributed by atoms with Gasteiger partial charge in [-0.25, -0.2) is 9.18 Å². The Balaban J connectivity index is 2.01. The van der Waals surface area contributed by atoms with Crippen LogP contribution in [-0.2, 0) is 9.59 Å². The lowest BCUT2D eigenvalue weighted by Gasteiger charge is -2.23. The molecular formula is C14H14FNO3S. The number of aliphatic carboxylic acids is 1. The van der Waals surface area contributed by atoms with Crippen molar-refractivity contribution < 1.29 is 19.1 Å². The molecule has 1 aliphatic rings. The Morgan fingerprint density at radius 3 is 2.60 bits per heavy atom. The summed E-state index contributed by atoms with van der Waals surface area (Å²) in [6.45, 7) is 0. The van der Waals surface area contributed by atoms with Crippen molar-refractivity contribution in [1.82, 2.24) is 5.32 Å². The summed E-state index contributed by atoms with van der Waals surface area (Å²) in [4.78, 5) is 23.1. The lowest BCUT2D eigenvalue weighted by atomic mass is 9.99. The molecule has 1 aliphatic heterocycles. The molecule has 0 aliphatic carbocycles. The van der Waals surface area contributed by atoms with Crippen molar-refractivity contribution in [3.05, 3.63) is 41.7 Å². The average Bonchev–Trinajstić information content (AvgIpc) is 2.88. The number of hydrogen-bond donors (Lipinski definition) is 2. The molecule has 2 rings (SSSR count). The Morgan fingerprint density at radius 2 is 2.05 bits per heavy atom. The summed E-state index contributed by atoms with van der Waals surface area (Å²) < 4.78 is 12.7. The molecule has 1 heterocycles. The minimum absolute atomic E-state index is 0.348. The van der Waals surface area contributed by atoms with Crippen LogP contribution >= 0.6 is 11.8 Å². The lowest BCUT2D eigenvalue weighted by molar-refractivity contribution is -0.145. The first kappa shape index (κ1) is 14.6. The zero-order chi connectivity index (χ0) is 14.6. The number of carboxylic acids is 1. The summed E-state index contributed by atoms with van der Waals surface area (Å²) in [6.07, 6.45) is 3.20. The monoisotopic (exact) mass is 295 g/mol. The summed E-state index contributed by atoms with van der Waals surface area (Å²) >= 11 is 1.51. The third kappa shape index (κ3) is 3.39. The van der Waals surface area contributed by atoms with Crippen LogP contribution < -0.4 is 5.32 Å². The van der Waals surface area contributed by atoms with Crippen LogP contribution in [0.3, 0.4) is 0 Å². The molecule has 1 atom stereocenters. The molecule has 0 bridgehead atoms. The van der Waals surface area contributed by atoms with Gasteiger partial charge in [-0.15, -0.1) is 0 Å². The van der Waals surface area contributed by atoms with E-state index < -0.39 is 17.4 Å². The van der Waals surface area contributed by atoms with Gasteiger partial charge >= 0.3 is 5.97 Å². The third-order valence-electron chi connectivity index (χ3n) is 3.09. The number of carbonyl (C=O) groups excluding carboxylic acids is 1. The molecule has 20 heavy (non-hydrogen) atoms. The van der Waals surface area contributed by atoms with Crippen LogP contribution in [0.1, 0.15) is 12.0 Å². The molecule has 0 aromatic heterocycles. The van der Waals surface area contributed by atoms with Gasteiger partial charge in [0.05, 0.1) is 0 Å². The SMILES string of the molecule is O=C(C=Cc1ccc(F)cc1)NC1(C(=O)O)CCSC1. The van der Waals surface area contributed by atoms with Gasteiger partial charge in [-0.05, 0) is 35.9 Å². The van der Waals surface area contributed by atoms with Crippen LogP contribution in [0.2, 0.25) is 0 Å². The van der Waals surface area contributed by atoms with E-state index in [-0.39, 0.29) is 5.82 Å². The van der Waals surface area contributed by atoms with Crippen molar-refractivity contribution in [2.24, 2.45) is 0 Å². The van der Waals surface area contributed by atoms with E-state index >= 15 is 0 Å². The van der Waals surface area contributed by atoms with Gasteiger partial charge in [-0.1, -0.05) is 12.1 Å². The van der Waals surface area contributed by atoms with Gasteiger partial charge in [0.15, 0.2) is 0 Å². The van der Waals surface area contributed by atoms with Crippen molar-refractivity contribution in [3.63, 3.8) is 0 Å². The molecule has 1 aromatic carbocycles. The molecule has 0 spiro atoms. The van der Waals surface area contributed by atoms with Gasteiger partial charge in [-0.3, -0.25) is 4.79 Å². The van der Waals surface area contributed by atoms with E-state index in [1.165, 1.54) is 48.2 Å². The predicted molar refractivity (Wildman–Crippen MR) is 75.9 cm³/mol. The number of benzene rings is 1. The predicted octanol–water partition coefficient (Wildman–Crippen LogP) is 1.92. The van der Waals surface area contributed by atoms with Crippen LogP contribution in [0.5, 0.6) is 0 Å². The van der Waals surface area contributed by atoms with Gasteiger partial charge in [0.1, 0.15) is 11.4 Å². The molecule has 1 saturated heterocycles. The number of carbonyl (C=O) groups is 2. The number of rotatable bonds is 4. The second-order valence-corrected chi connectivity index (χ2v) is 5.67. The Labute approximate surface area is 120 Å². The summed E-state index contributed by atoms with van der Waals surface area (Å²) in [5.74, 6) is -0.725. The second kappa shape index (κ2) is 6.09. The highest BCUT2D eigenvalue weighted by Gasteiger charge is 2.42. The normalized spacial score (nSPS) is 22.1. The highest BCUT2D eigenvalue weighted by molar-refractivity contribution is 7.99. The zero-order valence-electron chi connectivity index (χ0n) is 10.6. The zero-order valence-corrected chi connectivity index (χ0v) is 11.5. The van der Waals surface area contributed by atoms with Crippen molar-refractivity contribution in [2.75, 3.05) is 11.5 Å². The molecule has 2 N–H and O–H groups in total. The standard InChI is InChI=1S/C14H14FNO3S/c15-11-4-1-10(2-5-11)3-6-12(17)16-14(13(18)19)7-8-20-9-14/h1-6H,7-9H2,(H,16,17)(H,18,19). The first-order valence-corrected chi connectivity index (χ1v) is 7.24. The minimum atomic E-state index is -1.17. The van der Waals surface area contributed by atoms with E-state index in [0.29, 0.717) is 23.5 Å². The van der Waals surface area contributed by atoms with E-state index in [0.717, 1.165) is 0 Å². The van der Waals surface area contributed by atoms with Crippen LogP contribution in [0.25, 0.3) is 6.08 Å². The van der Waals surface area contributed by atoms with Crippen LogP contribution in [0.4, 0.5) is 4.39 Å². The quantitative estimate of drug-likeness (QED) is 0.833. The second-order valence-electron chi connectivity index (χ2n) is 4.56. The number of hydrogen-bond acceptors (Lipinski definition) is 3. The van der Waals surface area contributed by atoms with Crippen LogP contribution in [-0.4, -0.2) is 34.0 Å². The summed E-state index contributed by atoms with van der Waals surface area (Å²) in [7, 11) is 0. The maximum absolute atomic E-state index is 12.7. The average molecular weight is 295 g/mol. The van der Waals surface area contributed by atoms with Crippen LogP contribution in [0, 0.1) is 5.82 Å². The Bertz CT molecular complexity index is 536. The molecule has 6 heteroatoms. The molecule has 1 amide bonds. The van der Waals surface area contributed by atoms with Gasteiger partial charge < -0.3 is 10.4 Å². The molecule has 0 saturated carbocycles. The molecule has 0 radical (unpaired) electrons. The summed E-state index contributed by atoms with van der Waals surface area (Å²) in [5, 5.41) is 11.8. The fourth-order valence-electron chi connectivity index (χ4n) is 1.91. The highest BCUT2D eigenvalue weighted by Crippen LogP contribution is 2.28. The lowest BCUT2D eigenvalue weighted by Crippen LogP contribution is -2.54. The number of carboxylic acid groups (broad SMARTS) is 1. The van der Waals surface area contributed by atoms with E-state index in [1.54, 1.807) is 0 Å². The first-order valence-electron chi connectivity index (χ1n) is 6.09. The number of thioether (sulfide) groups is 1. The number of nitrogens with one attached hydrogen (secondary N) is 1. The molecule has 106 valence electrons. The maximum atomic E-state index is 12.7. The van der Waals surface area contributed by atoms with Crippen molar-refractivity contribution in [2.45, 2.75) is 12.0 Å². The first-order chi connectivity index (χ1) is 9.52. The molecule has 1 unspecified atom stereocenters. The van der Waals surface area contributed by atoms with Crippen LogP contribution in [0.15, 0.2) is 30.3 Å². The third-order valence-corrected chi connectivity index (χ3v) is 4.28. The summed E-state index contributed by atoms with van der Waals surface area (Å²) in [6, 6.07) is 5.67. The molecular weight excluding hydrogens is 281 g/mol. The van der Waals surface area contributed by atoms with Gasteiger partial charge in [0, 0.05) is 11.8 Å². The van der Waals surface area contributed by atoms with E-state index in [2.05, 4.69) is 5.32 Å². The molecule has 1 aromatic rings. The largest absolute Gasteiger partial charge is 0.479 e. The number of amides is 1. The van der Waals surface area contributed by atoms with Gasteiger partial charge in [0.2, 0.25) is 5.91 Å². The van der Waals surface area contributed by atoms with Gasteiger partial charge in [-0.2, -0.15) is 11.8 Å².